The van der Waals surface area contributed by atoms with E-state index in [-0.39, 0.29) is 5.56 Å². The van der Waals surface area contributed by atoms with Crippen molar-refractivity contribution in [3.8, 4) is 11.6 Å². The van der Waals surface area contributed by atoms with Crippen molar-refractivity contribution >= 4 is 21.8 Å². The number of aromatic nitrogens is 4. The first-order chi connectivity index (χ1) is 11.6. The normalized spacial score (nSPS) is 11.2. The molecular formula is C18H16N4O2. The maximum atomic E-state index is 12.5. The van der Waals surface area contributed by atoms with Crippen LogP contribution in [-0.4, -0.2) is 25.9 Å². The predicted molar refractivity (Wildman–Crippen MR) is 92.8 cm³/mol. The standard InChI is InChI=1S/C18H16N4O2/c1-3-24-17-7-4-12-11-22(18(23)9-16(12)19-17)14-5-6-15-13(8-14)10-21(2)20-15/h4-11H,3H2,1-2H3. The minimum Gasteiger partial charge on any atom is -0.478 e. The molecule has 0 N–H and O–H groups in total. The maximum Gasteiger partial charge on any atom is 0.257 e. The molecule has 120 valence electrons. The van der Waals surface area contributed by atoms with E-state index in [1.54, 1.807) is 15.4 Å². The third-order valence-corrected chi connectivity index (χ3v) is 3.87. The predicted octanol–water partition coefficient (Wildman–Crippen LogP) is 2.67. The van der Waals surface area contributed by atoms with E-state index in [1.807, 2.05) is 50.5 Å². The quantitative estimate of drug-likeness (QED) is 0.582. The molecule has 0 aliphatic heterocycles. The number of benzene rings is 1. The molecule has 1 aromatic carbocycles. The number of aryl methyl sites for hydroxylation is 1. The fourth-order valence-electron chi connectivity index (χ4n) is 2.80. The summed E-state index contributed by atoms with van der Waals surface area (Å²) in [6.07, 6.45) is 3.73. The summed E-state index contributed by atoms with van der Waals surface area (Å²) in [6.45, 7) is 2.44. The lowest BCUT2D eigenvalue weighted by Crippen LogP contribution is -2.16. The van der Waals surface area contributed by atoms with Gasteiger partial charge >= 0.3 is 0 Å². The van der Waals surface area contributed by atoms with Gasteiger partial charge in [-0.2, -0.15) is 5.10 Å². The van der Waals surface area contributed by atoms with Crippen molar-refractivity contribution in [3.05, 3.63) is 59.1 Å². The molecule has 0 saturated carbocycles. The number of fused-ring (bicyclic) bond motifs is 2. The smallest absolute Gasteiger partial charge is 0.257 e. The van der Waals surface area contributed by atoms with Gasteiger partial charge in [-0.25, -0.2) is 4.98 Å². The number of ether oxygens (including phenoxy) is 1. The van der Waals surface area contributed by atoms with Crippen LogP contribution in [0.15, 0.2) is 53.6 Å². The highest BCUT2D eigenvalue weighted by atomic mass is 16.5. The van der Waals surface area contributed by atoms with Crippen LogP contribution in [0.1, 0.15) is 6.92 Å². The zero-order valence-corrected chi connectivity index (χ0v) is 13.4. The first-order valence-corrected chi connectivity index (χ1v) is 7.74. The maximum absolute atomic E-state index is 12.5. The summed E-state index contributed by atoms with van der Waals surface area (Å²) in [5, 5.41) is 6.22. The van der Waals surface area contributed by atoms with Gasteiger partial charge in [-0.3, -0.25) is 14.0 Å². The van der Waals surface area contributed by atoms with E-state index in [2.05, 4.69) is 10.1 Å². The number of nitrogens with zero attached hydrogens (tertiary/aromatic N) is 4. The highest BCUT2D eigenvalue weighted by Crippen LogP contribution is 2.19. The van der Waals surface area contributed by atoms with Crippen molar-refractivity contribution in [1.82, 2.24) is 19.3 Å². The second-order valence-corrected chi connectivity index (χ2v) is 5.58. The Balaban J connectivity index is 1.86. The molecule has 3 heterocycles. The highest BCUT2D eigenvalue weighted by molar-refractivity contribution is 5.81. The monoisotopic (exact) mass is 320 g/mol. The summed E-state index contributed by atoms with van der Waals surface area (Å²) < 4.78 is 8.77. The lowest BCUT2D eigenvalue weighted by atomic mass is 10.2. The Bertz CT molecular complexity index is 1110. The van der Waals surface area contributed by atoms with Gasteiger partial charge < -0.3 is 4.74 Å². The van der Waals surface area contributed by atoms with Gasteiger partial charge in [-0.1, -0.05) is 0 Å². The first kappa shape index (κ1) is 14.4. The molecule has 4 aromatic rings. The van der Waals surface area contributed by atoms with E-state index >= 15 is 0 Å². The largest absolute Gasteiger partial charge is 0.478 e. The molecule has 4 rings (SSSR count). The third kappa shape index (κ3) is 2.42. The summed E-state index contributed by atoms with van der Waals surface area (Å²) in [7, 11) is 1.88. The van der Waals surface area contributed by atoms with E-state index < -0.39 is 0 Å². The Morgan fingerprint density at radius 3 is 2.75 bits per heavy atom. The van der Waals surface area contributed by atoms with Crippen LogP contribution in [0.2, 0.25) is 0 Å². The van der Waals surface area contributed by atoms with Crippen LogP contribution in [0.3, 0.4) is 0 Å². The first-order valence-electron chi connectivity index (χ1n) is 7.74. The Morgan fingerprint density at radius 2 is 1.92 bits per heavy atom. The molecule has 0 fully saturated rings. The van der Waals surface area contributed by atoms with Crippen LogP contribution in [-0.2, 0) is 7.05 Å². The van der Waals surface area contributed by atoms with Crippen molar-refractivity contribution in [2.75, 3.05) is 6.61 Å². The fourth-order valence-corrected chi connectivity index (χ4v) is 2.80. The van der Waals surface area contributed by atoms with Gasteiger partial charge in [-0.05, 0) is 31.2 Å². The summed E-state index contributed by atoms with van der Waals surface area (Å²) in [5.74, 6) is 0.527. The average Bonchev–Trinajstić information content (AvgIpc) is 2.93. The van der Waals surface area contributed by atoms with Crippen molar-refractivity contribution in [2.24, 2.45) is 7.05 Å². The number of hydrogen-bond acceptors (Lipinski definition) is 4. The zero-order valence-electron chi connectivity index (χ0n) is 13.4. The van der Waals surface area contributed by atoms with E-state index in [4.69, 9.17) is 4.74 Å². The van der Waals surface area contributed by atoms with Crippen LogP contribution < -0.4 is 10.3 Å². The van der Waals surface area contributed by atoms with Gasteiger partial charge in [0.05, 0.1) is 17.6 Å². The van der Waals surface area contributed by atoms with E-state index in [9.17, 15) is 4.79 Å². The molecule has 6 nitrogen and oxygen atoms in total. The molecule has 0 unspecified atom stereocenters. The summed E-state index contributed by atoms with van der Waals surface area (Å²) in [4.78, 5) is 16.9. The number of rotatable bonds is 3. The SMILES string of the molecule is CCOc1ccc2cn(-c3ccc4nn(C)cc4c3)c(=O)cc2n1. The second-order valence-electron chi connectivity index (χ2n) is 5.58. The van der Waals surface area contributed by atoms with Gasteiger partial charge in [0.2, 0.25) is 5.88 Å². The minimum atomic E-state index is -0.133. The molecule has 6 heteroatoms. The van der Waals surface area contributed by atoms with Gasteiger partial charge in [-0.15, -0.1) is 0 Å². The van der Waals surface area contributed by atoms with Gasteiger partial charge in [0.15, 0.2) is 0 Å². The topological polar surface area (TPSA) is 61.9 Å². The second kappa shape index (κ2) is 5.49. The molecule has 0 aliphatic rings. The molecule has 0 saturated heterocycles. The molecule has 0 amide bonds. The Kier molecular flexibility index (Phi) is 3.30. The lowest BCUT2D eigenvalue weighted by molar-refractivity contribution is 0.328. The number of hydrogen-bond donors (Lipinski definition) is 0. The number of pyridine rings is 2. The van der Waals surface area contributed by atoms with E-state index in [0.717, 1.165) is 22.0 Å². The van der Waals surface area contributed by atoms with Crippen molar-refractivity contribution in [3.63, 3.8) is 0 Å². The van der Waals surface area contributed by atoms with Crippen LogP contribution >= 0.6 is 0 Å². The van der Waals surface area contributed by atoms with Crippen LogP contribution in [0, 0.1) is 0 Å². The van der Waals surface area contributed by atoms with Crippen LogP contribution in [0.4, 0.5) is 0 Å². The average molecular weight is 320 g/mol. The zero-order chi connectivity index (χ0) is 16.7. The molecule has 0 spiro atoms. The summed E-state index contributed by atoms with van der Waals surface area (Å²) in [5.41, 5.74) is 2.20. The van der Waals surface area contributed by atoms with E-state index in [0.29, 0.717) is 18.0 Å². The van der Waals surface area contributed by atoms with Crippen molar-refractivity contribution < 1.29 is 4.74 Å². The Labute approximate surface area is 137 Å². The Hall–Kier alpha value is -3.15. The minimum absolute atomic E-state index is 0.133. The molecule has 0 radical (unpaired) electrons. The molecule has 3 aromatic heterocycles. The van der Waals surface area contributed by atoms with E-state index in [1.165, 1.54) is 6.07 Å². The molecule has 0 atom stereocenters. The molecule has 24 heavy (non-hydrogen) atoms. The van der Waals surface area contributed by atoms with Crippen LogP contribution in [0.5, 0.6) is 5.88 Å². The molecule has 0 bridgehead atoms. The van der Waals surface area contributed by atoms with Crippen LogP contribution in [0.25, 0.3) is 27.5 Å². The Morgan fingerprint density at radius 1 is 1.04 bits per heavy atom. The third-order valence-electron chi connectivity index (χ3n) is 3.87. The van der Waals surface area contributed by atoms with Gasteiger partial charge in [0.25, 0.3) is 5.56 Å². The lowest BCUT2D eigenvalue weighted by Gasteiger charge is -2.08. The highest BCUT2D eigenvalue weighted by Gasteiger charge is 2.07. The molecule has 0 aliphatic carbocycles. The van der Waals surface area contributed by atoms with Gasteiger partial charge in [0.1, 0.15) is 0 Å². The summed E-state index contributed by atoms with van der Waals surface area (Å²) >= 11 is 0. The summed E-state index contributed by atoms with van der Waals surface area (Å²) in [6, 6.07) is 11.0. The van der Waals surface area contributed by atoms with Gasteiger partial charge in [0, 0.05) is 48.0 Å². The van der Waals surface area contributed by atoms with Crippen molar-refractivity contribution in [2.45, 2.75) is 6.92 Å². The fraction of sp³-hybridized carbons (Fsp3) is 0.167. The molecular weight excluding hydrogens is 304 g/mol. The van der Waals surface area contributed by atoms with Crippen molar-refractivity contribution in [1.29, 1.82) is 0 Å².